The quantitative estimate of drug-likeness (QED) is 0.886. The molecule has 4 nitrogen and oxygen atoms in total. The minimum atomic E-state index is -0.113. The molecule has 0 bridgehead atoms. The van der Waals surface area contributed by atoms with E-state index >= 15 is 0 Å². The average molecular weight is 264 g/mol. The van der Waals surface area contributed by atoms with Gasteiger partial charge in [0.2, 0.25) is 0 Å². The Morgan fingerprint density at radius 3 is 2.53 bits per heavy atom. The Morgan fingerprint density at radius 1 is 1.37 bits per heavy atom. The molecule has 1 amide bonds. The van der Waals surface area contributed by atoms with Crippen molar-refractivity contribution in [3.8, 4) is 5.75 Å². The van der Waals surface area contributed by atoms with Crippen LogP contribution in [0.2, 0.25) is 0 Å². The first-order valence-corrected chi connectivity index (χ1v) is 6.62. The molecule has 1 atom stereocenters. The highest BCUT2D eigenvalue weighted by Crippen LogP contribution is 2.21. The van der Waals surface area contributed by atoms with Crippen molar-refractivity contribution >= 4 is 5.91 Å². The van der Waals surface area contributed by atoms with Gasteiger partial charge in [-0.2, -0.15) is 0 Å². The first-order chi connectivity index (χ1) is 8.86. The topological polar surface area (TPSA) is 43.8 Å². The number of phenols is 1. The van der Waals surface area contributed by atoms with Gasteiger partial charge in [0.25, 0.3) is 5.91 Å². The van der Waals surface area contributed by atoms with Gasteiger partial charge in [-0.3, -0.25) is 4.79 Å². The fourth-order valence-corrected chi connectivity index (χ4v) is 2.26. The number of likely N-dealkylation sites (N-methyl/N-ethyl adjacent to an activating group) is 2. The Balaban J connectivity index is 2.98. The van der Waals surface area contributed by atoms with Crippen LogP contribution in [0.15, 0.2) is 18.2 Å². The number of aryl methyl sites for hydroxylation is 1. The summed E-state index contributed by atoms with van der Waals surface area (Å²) in [6, 6.07) is 5.22. The third-order valence-corrected chi connectivity index (χ3v) is 3.15. The summed E-state index contributed by atoms with van der Waals surface area (Å²) in [7, 11) is 3.97. The molecular formula is C15H24N2O2. The second kappa shape index (κ2) is 6.57. The molecule has 106 valence electrons. The zero-order chi connectivity index (χ0) is 14.6. The Bertz CT molecular complexity index is 444. The van der Waals surface area contributed by atoms with E-state index < -0.39 is 0 Å². The van der Waals surface area contributed by atoms with Crippen LogP contribution in [-0.2, 0) is 0 Å². The average Bonchev–Trinajstić information content (AvgIpc) is 2.32. The van der Waals surface area contributed by atoms with E-state index in [9.17, 15) is 9.90 Å². The number of amides is 1. The highest BCUT2D eigenvalue weighted by Gasteiger charge is 2.22. The number of aromatic hydroxyl groups is 1. The van der Waals surface area contributed by atoms with Crippen LogP contribution in [0, 0.1) is 6.92 Å². The van der Waals surface area contributed by atoms with Crippen LogP contribution in [0.3, 0.4) is 0 Å². The van der Waals surface area contributed by atoms with E-state index in [1.807, 2.05) is 34.9 Å². The smallest absolute Gasteiger partial charge is 0.257 e. The normalized spacial score (nSPS) is 12.5. The lowest BCUT2D eigenvalue weighted by atomic mass is 10.1. The predicted octanol–water partition coefficient (Wildman–Crippen LogP) is 2.11. The molecule has 0 aliphatic carbocycles. The lowest BCUT2D eigenvalue weighted by Crippen LogP contribution is -2.43. The highest BCUT2D eigenvalue weighted by atomic mass is 16.3. The second-order valence-electron chi connectivity index (χ2n) is 5.22. The number of rotatable bonds is 5. The summed E-state index contributed by atoms with van der Waals surface area (Å²) < 4.78 is 0. The second-order valence-corrected chi connectivity index (χ2v) is 5.22. The molecular weight excluding hydrogens is 240 g/mol. The van der Waals surface area contributed by atoms with Crippen LogP contribution in [0.4, 0.5) is 0 Å². The number of hydrogen-bond acceptors (Lipinski definition) is 3. The van der Waals surface area contributed by atoms with E-state index in [2.05, 4.69) is 4.90 Å². The van der Waals surface area contributed by atoms with Crippen molar-refractivity contribution in [1.82, 2.24) is 9.80 Å². The maximum Gasteiger partial charge on any atom is 0.257 e. The molecule has 1 aromatic carbocycles. The number of benzene rings is 1. The van der Waals surface area contributed by atoms with Gasteiger partial charge in [0.05, 0.1) is 5.56 Å². The first kappa shape index (κ1) is 15.5. The largest absolute Gasteiger partial charge is 0.507 e. The van der Waals surface area contributed by atoms with Gasteiger partial charge >= 0.3 is 0 Å². The molecule has 1 N–H and O–H groups in total. The van der Waals surface area contributed by atoms with E-state index in [-0.39, 0.29) is 17.7 Å². The molecule has 0 saturated carbocycles. The maximum absolute atomic E-state index is 12.5. The molecule has 1 aromatic rings. The van der Waals surface area contributed by atoms with Crippen LogP contribution in [0.5, 0.6) is 5.75 Å². The van der Waals surface area contributed by atoms with Gasteiger partial charge in [-0.1, -0.05) is 11.6 Å². The number of nitrogens with zero attached hydrogens (tertiary/aromatic N) is 2. The van der Waals surface area contributed by atoms with Crippen molar-refractivity contribution in [3.05, 3.63) is 29.3 Å². The Kier molecular flexibility index (Phi) is 5.36. The summed E-state index contributed by atoms with van der Waals surface area (Å²) in [6.07, 6.45) is 0. The van der Waals surface area contributed by atoms with E-state index in [4.69, 9.17) is 0 Å². The number of hydrogen-bond donors (Lipinski definition) is 1. The molecule has 0 fully saturated rings. The molecule has 4 heteroatoms. The van der Waals surface area contributed by atoms with Crippen molar-refractivity contribution < 1.29 is 9.90 Å². The third kappa shape index (κ3) is 3.96. The molecule has 19 heavy (non-hydrogen) atoms. The van der Waals surface area contributed by atoms with Crippen LogP contribution in [0.1, 0.15) is 29.8 Å². The van der Waals surface area contributed by atoms with Crippen LogP contribution in [0.25, 0.3) is 0 Å². The third-order valence-electron chi connectivity index (χ3n) is 3.15. The summed E-state index contributed by atoms with van der Waals surface area (Å²) in [4.78, 5) is 16.4. The van der Waals surface area contributed by atoms with Crippen LogP contribution >= 0.6 is 0 Å². The molecule has 0 spiro atoms. The fourth-order valence-electron chi connectivity index (χ4n) is 2.26. The van der Waals surface area contributed by atoms with Crippen molar-refractivity contribution in [2.75, 3.05) is 27.2 Å². The van der Waals surface area contributed by atoms with Gasteiger partial charge in [0.15, 0.2) is 0 Å². The minimum Gasteiger partial charge on any atom is -0.507 e. The molecule has 0 radical (unpaired) electrons. The standard InChI is InChI=1S/C15H24N2O2/c1-6-17(12(3)10-16(4)5)15(19)13-9-11(2)7-8-14(13)18/h7-9,12,18H,6,10H2,1-5H3. The molecule has 0 aliphatic rings. The van der Waals surface area contributed by atoms with Crippen molar-refractivity contribution in [2.24, 2.45) is 0 Å². The van der Waals surface area contributed by atoms with Crippen LogP contribution < -0.4 is 0 Å². The number of phenolic OH excluding ortho intramolecular Hbond substituents is 1. The summed E-state index contributed by atoms with van der Waals surface area (Å²) in [5.74, 6) is -0.0656. The zero-order valence-corrected chi connectivity index (χ0v) is 12.5. The molecule has 0 saturated heterocycles. The lowest BCUT2D eigenvalue weighted by molar-refractivity contribution is 0.0676. The lowest BCUT2D eigenvalue weighted by Gasteiger charge is -2.30. The summed E-state index contributed by atoms with van der Waals surface area (Å²) in [5.41, 5.74) is 1.35. The molecule has 0 aliphatic heterocycles. The first-order valence-electron chi connectivity index (χ1n) is 6.62. The minimum absolute atomic E-state index is 0.0473. The Morgan fingerprint density at radius 2 is 2.00 bits per heavy atom. The van der Waals surface area contributed by atoms with Gasteiger partial charge in [0.1, 0.15) is 5.75 Å². The van der Waals surface area contributed by atoms with E-state index in [1.165, 1.54) is 0 Å². The van der Waals surface area contributed by atoms with Crippen LogP contribution in [-0.4, -0.2) is 54.0 Å². The van der Waals surface area contributed by atoms with Gasteiger partial charge in [0, 0.05) is 19.1 Å². The van der Waals surface area contributed by atoms with E-state index in [0.717, 1.165) is 12.1 Å². The predicted molar refractivity (Wildman–Crippen MR) is 77.6 cm³/mol. The zero-order valence-electron chi connectivity index (χ0n) is 12.5. The van der Waals surface area contributed by atoms with Crippen molar-refractivity contribution in [3.63, 3.8) is 0 Å². The summed E-state index contributed by atoms with van der Waals surface area (Å²) in [5, 5.41) is 9.86. The Hall–Kier alpha value is -1.55. The van der Waals surface area contributed by atoms with Crippen molar-refractivity contribution in [2.45, 2.75) is 26.8 Å². The van der Waals surface area contributed by atoms with Gasteiger partial charge in [-0.25, -0.2) is 0 Å². The fraction of sp³-hybridized carbons (Fsp3) is 0.533. The van der Waals surface area contributed by atoms with Gasteiger partial charge < -0.3 is 14.9 Å². The maximum atomic E-state index is 12.5. The van der Waals surface area contributed by atoms with Gasteiger partial charge in [-0.15, -0.1) is 0 Å². The van der Waals surface area contributed by atoms with E-state index in [1.54, 1.807) is 23.1 Å². The Labute approximate surface area is 115 Å². The van der Waals surface area contributed by atoms with Gasteiger partial charge in [-0.05, 0) is 47.0 Å². The molecule has 1 unspecified atom stereocenters. The monoisotopic (exact) mass is 264 g/mol. The summed E-state index contributed by atoms with van der Waals surface area (Å²) in [6.45, 7) is 7.31. The number of carbonyl (C=O) groups excluding carboxylic acids is 1. The van der Waals surface area contributed by atoms with E-state index in [0.29, 0.717) is 12.1 Å². The summed E-state index contributed by atoms with van der Waals surface area (Å²) >= 11 is 0. The highest BCUT2D eigenvalue weighted by molar-refractivity contribution is 5.97. The molecule has 1 rings (SSSR count). The molecule has 0 aromatic heterocycles. The molecule has 0 heterocycles. The number of carbonyl (C=O) groups is 1. The SMILES string of the molecule is CCN(C(=O)c1cc(C)ccc1O)C(C)CN(C)C. The van der Waals surface area contributed by atoms with Crippen molar-refractivity contribution in [1.29, 1.82) is 0 Å².